The van der Waals surface area contributed by atoms with E-state index in [0.29, 0.717) is 6.42 Å². The number of rotatable bonds is 6. The van der Waals surface area contributed by atoms with E-state index >= 15 is 0 Å². The standard InChI is InChI=1S/C14H17N3O3/c15-14(20)12(17-13(19)5-6-18)7-9-8-16-11-4-2-1-3-10(9)11/h1-4,8,12,16,18H,5-7H2,(H2,15,20)(H,17,19)/t12-/m0/s1. The van der Waals surface area contributed by atoms with E-state index in [-0.39, 0.29) is 13.0 Å². The van der Waals surface area contributed by atoms with Gasteiger partial charge in [0.05, 0.1) is 6.61 Å². The molecule has 6 heteroatoms. The molecule has 2 aromatic rings. The summed E-state index contributed by atoms with van der Waals surface area (Å²) < 4.78 is 0. The van der Waals surface area contributed by atoms with Crippen LogP contribution in [0.1, 0.15) is 12.0 Å². The zero-order valence-electron chi connectivity index (χ0n) is 10.9. The molecule has 106 valence electrons. The molecule has 0 aliphatic rings. The number of hydrogen-bond donors (Lipinski definition) is 4. The molecular weight excluding hydrogens is 258 g/mol. The van der Waals surface area contributed by atoms with E-state index in [1.54, 1.807) is 6.20 Å². The van der Waals surface area contributed by atoms with Crippen molar-refractivity contribution in [1.82, 2.24) is 10.3 Å². The highest BCUT2D eigenvalue weighted by Crippen LogP contribution is 2.19. The maximum absolute atomic E-state index is 11.5. The number of carbonyl (C=O) groups is 2. The molecule has 0 saturated carbocycles. The van der Waals surface area contributed by atoms with Gasteiger partial charge in [-0.15, -0.1) is 0 Å². The second-order valence-corrected chi connectivity index (χ2v) is 4.56. The Morgan fingerprint density at radius 2 is 2.10 bits per heavy atom. The first kappa shape index (κ1) is 14.1. The number of aromatic amines is 1. The van der Waals surface area contributed by atoms with Crippen molar-refractivity contribution < 1.29 is 14.7 Å². The average Bonchev–Trinajstić information content (AvgIpc) is 2.82. The molecule has 0 spiro atoms. The van der Waals surface area contributed by atoms with Gasteiger partial charge in [0.1, 0.15) is 6.04 Å². The molecule has 0 unspecified atom stereocenters. The number of hydrogen-bond acceptors (Lipinski definition) is 3. The van der Waals surface area contributed by atoms with Crippen molar-refractivity contribution in [2.24, 2.45) is 5.73 Å². The molecule has 1 aromatic carbocycles. The van der Waals surface area contributed by atoms with Gasteiger partial charge in [-0.2, -0.15) is 0 Å². The first-order valence-corrected chi connectivity index (χ1v) is 6.36. The van der Waals surface area contributed by atoms with Crippen molar-refractivity contribution in [2.75, 3.05) is 6.61 Å². The summed E-state index contributed by atoms with van der Waals surface area (Å²) in [4.78, 5) is 26.0. The summed E-state index contributed by atoms with van der Waals surface area (Å²) in [6.07, 6.45) is 2.08. The van der Waals surface area contributed by atoms with Gasteiger partial charge in [0, 0.05) is 29.9 Å². The van der Waals surface area contributed by atoms with Crippen molar-refractivity contribution in [3.05, 3.63) is 36.0 Å². The van der Waals surface area contributed by atoms with E-state index in [9.17, 15) is 9.59 Å². The van der Waals surface area contributed by atoms with Crippen LogP contribution in [0.2, 0.25) is 0 Å². The minimum absolute atomic E-state index is 0.0440. The monoisotopic (exact) mass is 275 g/mol. The van der Waals surface area contributed by atoms with Crippen LogP contribution in [0.5, 0.6) is 0 Å². The smallest absolute Gasteiger partial charge is 0.240 e. The Balaban J connectivity index is 2.15. The molecule has 1 heterocycles. The highest BCUT2D eigenvalue weighted by Gasteiger charge is 2.19. The van der Waals surface area contributed by atoms with Crippen LogP contribution < -0.4 is 11.1 Å². The van der Waals surface area contributed by atoms with Crippen molar-refractivity contribution in [1.29, 1.82) is 0 Å². The van der Waals surface area contributed by atoms with E-state index in [1.807, 2.05) is 24.3 Å². The molecule has 2 rings (SSSR count). The lowest BCUT2D eigenvalue weighted by Gasteiger charge is -2.14. The van der Waals surface area contributed by atoms with Crippen LogP contribution in [0.4, 0.5) is 0 Å². The summed E-state index contributed by atoms with van der Waals surface area (Å²) in [5, 5.41) is 12.2. The predicted octanol–water partition coefficient (Wildman–Crippen LogP) is 0.0629. The highest BCUT2D eigenvalue weighted by molar-refractivity contribution is 5.88. The van der Waals surface area contributed by atoms with Crippen molar-refractivity contribution >= 4 is 22.7 Å². The van der Waals surface area contributed by atoms with E-state index in [0.717, 1.165) is 16.5 Å². The highest BCUT2D eigenvalue weighted by atomic mass is 16.3. The van der Waals surface area contributed by atoms with Crippen LogP contribution in [-0.2, 0) is 16.0 Å². The number of aliphatic hydroxyl groups excluding tert-OH is 1. The fourth-order valence-corrected chi connectivity index (χ4v) is 2.11. The maximum Gasteiger partial charge on any atom is 0.240 e. The van der Waals surface area contributed by atoms with Gasteiger partial charge in [-0.25, -0.2) is 0 Å². The lowest BCUT2D eigenvalue weighted by Crippen LogP contribution is -2.46. The summed E-state index contributed by atoms with van der Waals surface area (Å²) in [7, 11) is 0. The third-order valence-electron chi connectivity index (χ3n) is 3.12. The van der Waals surface area contributed by atoms with Gasteiger partial charge in [0.25, 0.3) is 0 Å². The third kappa shape index (κ3) is 3.16. The third-order valence-corrected chi connectivity index (χ3v) is 3.12. The van der Waals surface area contributed by atoms with E-state index in [4.69, 9.17) is 10.8 Å². The number of H-pyrrole nitrogens is 1. The van der Waals surface area contributed by atoms with Crippen LogP contribution in [0.3, 0.4) is 0 Å². The fraction of sp³-hybridized carbons (Fsp3) is 0.286. The number of aromatic nitrogens is 1. The Labute approximate surface area is 116 Å². The first-order chi connectivity index (χ1) is 9.61. The Hall–Kier alpha value is -2.34. The molecule has 0 aliphatic heterocycles. The van der Waals surface area contributed by atoms with Gasteiger partial charge in [-0.3, -0.25) is 9.59 Å². The fourth-order valence-electron chi connectivity index (χ4n) is 2.11. The number of para-hydroxylation sites is 1. The van der Waals surface area contributed by atoms with Crippen molar-refractivity contribution in [2.45, 2.75) is 18.9 Å². The molecule has 6 nitrogen and oxygen atoms in total. The van der Waals surface area contributed by atoms with Gasteiger partial charge in [-0.05, 0) is 11.6 Å². The zero-order chi connectivity index (χ0) is 14.5. The van der Waals surface area contributed by atoms with Gasteiger partial charge in [-0.1, -0.05) is 18.2 Å². The maximum atomic E-state index is 11.5. The Morgan fingerprint density at radius 1 is 1.35 bits per heavy atom. The topological polar surface area (TPSA) is 108 Å². The molecule has 5 N–H and O–H groups in total. The molecule has 0 bridgehead atoms. The normalized spacial score (nSPS) is 12.2. The lowest BCUT2D eigenvalue weighted by molar-refractivity contribution is -0.127. The van der Waals surface area contributed by atoms with Crippen LogP contribution in [-0.4, -0.2) is 34.6 Å². The average molecular weight is 275 g/mol. The van der Waals surface area contributed by atoms with Crippen molar-refractivity contribution in [3.63, 3.8) is 0 Å². The van der Waals surface area contributed by atoms with E-state index in [1.165, 1.54) is 0 Å². The summed E-state index contributed by atoms with van der Waals surface area (Å²) >= 11 is 0. The second-order valence-electron chi connectivity index (χ2n) is 4.56. The van der Waals surface area contributed by atoms with E-state index < -0.39 is 17.9 Å². The minimum Gasteiger partial charge on any atom is -0.396 e. The number of nitrogens with two attached hydrogens (primary N) is 1. The predicted molar refractivity (Wildman–Crippen MR) is 74.8 cm³/mol. The number of benzene rings is 1. The van der Waals surface area contributed by atoms with Crippen molar-refractivity contribution in [3.8, 4) is 0 Å². The Morgan fingerprint density at radius 3 is 2.80 bits per heavy atom. The minimum atomic E-state index is -0.784. The van der Waals surface area contributed by atoms with Crippen LogP contribution >= 0.6 is 0 Å². The second kappa shape index (κ2) is 6.21. The molecule has 1 atom stereocenters. The lowest BCUT2D eigenvalue weighted by atomic mass is 10.0. The van der Waals surface area contributed by atoms with Gasteiger partial charge >= 0.3 is 0 Å². The molecule has 20 heavy (non-hydrogen) atoms. The Bertz CT molecular complexity index is 621. The number of aliphatic hydroxyl groups is 1. The molecule has 0 fully saturated rings. The SMILES string of the molecule is NC(=O)[C@H](Cc1c[nH]c2ccccc12)NC(=O)CCO. The van der Waals surface area contributed by atoms with Gasteiger partial charge < -0.3 is 21.1 Å². The zero-order valence-corrected chi connectivity index (χ0v) is 10.9. The summed E-state index contributed by atoms with van der Waals surface area (Å²) in [5.41, 5.74) is 7.19. The van der Waals surface area contributed by atoms with E-state index in [2.05, 4.69) is 10.3 Å². The largest absolute Gasteiger partial charge is 0.396 e. The van der Waals surface area contributed by atoms with Gasteiger partial charge in [0.2, 0.25) is 11.8 Å². The molecule has 1 aromatic heterocycles. The van der Waals surface area contributed by atoms with Crippen LogP contribution in [0, 0.1) is 0 Å². The summed E-state index contributed by atoms with van der Waals surface area (Å²) in [5.74, 6) is -0.988. The molecule has 2 amide bonds. The number of amides is 2. The number of fused-ring (bicyclic) bond motifs is 1. The number of nitrogens with one attached hydrogen (secondary N) is 2. The van der Waals surface area contributed by atoms with Gasteiger partial charge in [0.15, 0.2) is 0 Å². The Kier molecular flexibility index (Phi) is 4.37. The number of carbonyl (C=O) groups excluding carboxylic acids is 2. The molecule has 0 aliphatic carbocycles. The molecule has 0 saturated heterocycles. The quantitative estimate of drug-likeness (QED) is 0.598. The molecular formula is C14H17N3O3. The number of primary amides is 1. The first-order valence-electron chi connectivity index (χ1n) is 6.36. The molecule has 0 radical (unpaired) electrons. The van der Waals surface area contributed by atoms with Crippen LogP contribution in [0.25, 0.3) is 10.9 Å². The summed E-state index contributed by atoms with van der Waals surface area (Å²) in [6.45, 7) is -0.260. The summed E-state index contributed by atoms with van der Waals surface area (Å²) in [6, 6.07) is 6.91. The van der Waals surface area contributed by atoms with Crippen LogP contribution in [0.15, 0.2) is 30.5 Å².